The summed E-state index contributed by atoms with van der Waals surface area (Å²) in [4.78, 5) is 4.25. The molecular weight excluding hydrogens is 200 g/mol. The van der Waals surface area contributed by atoms with Crippen molar-refractivity contribution in [2.45, 2.75) is 19.4 Å². The highest BCUT2D eigenvalue weighted by molar-refractivity contribution is 5.17. The summed E-state index contributed by atoms with van der Waals surface area (Å²) in [6.45, 7) is 1.91. The van der Waals surface area contributed by atoms with E-state index in [0.717, 1.165) is 18.1 Å². The highest BCUT2D eigenvalue weighted by atomic mass is 16.4. The van der Waals surface area contributed by atoms with Gasteiger partial charge >= 0.3 is 0 Å². The molecule has 3 nitrogen and oxygen atoms in total. The molecular formula is C13H16N2O. The average Bonchev–Trinajstić information content (AvgIpc) is 2.74. The standard InChI is InChI=1S/C13H16N2O/c1-10-9-15-13(16-10)12(14-2)8-11-6-4-3-5-7-11/h3-7,9,12,14H,8H2,1-2H3/t12-/m0/s1. The van der Waals surface area contributed by atoms with Gasteiger partial charge in [0.15, 0.2) is 0 Å². The lowest BCUT2D eigenvalue weighted by atomic mass is 10.1. The van der Waals surface area contributed by atoms with E-state index in [9.17, 15) is 0 Å². The Morgan fingerprint density at radius 1 is 1.31 bits per heavy atom. The number of hydrogen-bond donors (Lipinski definition) is 1. The molecule has 16 heavy (non-hydrogen) atoms. The smallest absolute Gasteiger partial charge is 0.211 e. The Kier molecular flexibility index (Phi) is 3.37. The van der Waals surface area contributed by atoms with Crippen LogP contribution < -0.4 is 5.32 Å². The summed E-state index contributed by atoms with van der Waals surface area (Å²) in [6.07, 6.45) is 2.64. The third-order valence-corrected chi connectivity index (χ3v) is 2.57. The number of nitrogens with one attached hydrogen (secondary N) is 1. The van der Waals surface area contributed by atoms with E-state index in [1.54, 1.807) is 6.20 Å². The van der Waals surface area contributed by atoms with Crippen LogP contribution in [0.1, 0.15) is 23.3 Å². The first-order valence-corrected chi connectivity index (χ1v) is 5.43. The van der Waals surface area contributed by atoms with Crippen LogP contribution >= 0.6 is 0 Å². The van der Waals surface area contributed by atoms with Gasteiger partial charge in [-0.1, -0.05) is 30.3 Å². The second-order valence-corrected chi connectivity index (χ2v) is 3.84. The van der Waals surface area contributed by atoms with Gasteiger partial charge in [0.25, 0.3) is 0 Å². The number of aromatic nitrogens is 1. The minimum Gasteiger partial charge on any atom is -0.444 e. The number of aryl methyl sites for hydroxylation is 1. The van der Waals surface area contributed by atoms with Gasteiger partial charge in [-0.3, -0.25) is 0 Å². The van der Waals surface area contributed by atoms with E-state index in [2.05, 4.69) is 22.4 Å². The monoisotopic (exact) mass is 216 g/mol. The fourth-order valence-corrected chi connectivity index (χ4v) is 1.70. The average molecular weight is 216 g/mol. The summed E-state index contributed by atoms with van der Waals surface area (Å²) in [6, 6.07) is 10.5. The number of nitrogens with zero attached hydrogens (tertiary/aromatic N) is 1. The predicted molar refractivity (Wildman–Crippen MR) is 63.2 cm³/mol. The van der Waals surface area contributed by atoms with Crippen LogP contribution in [-0.4, -0.2) is 12.0 Å². The topological polar surface area (TPSA) is 38.1 Å². The van der Waals surface area contributed by atoms with Crippen LogP contribution in [-0.2, 0) is 6.42 Å². The summed E-state index contributed by atoms with van der Waals surface area (Å²) in [5.41, 5.74) is 1.28. The van der Waals surface area contributed by atoms with Crippen molar-refractivity contribution in [3.05, 3.63) is 53.7 Å². The maximum atomic E-state index is 5.54. The molecule has 0 spiro atoms. The highest BCUT2D eigenvalue weighted by Gasteiger charge is 2.14. The second-order valence-electron chi connectivity index (χ2n) is 3.84. The normalized spacial score (nSPS) is 12.6. The molecule has 3 heteroatoms. The summed E-state index contributed by atoms with van der Waals surface area (Å²) < 4.78 is 5.54. The fourth-order valence-electron chi connectivity index (χ4n) is 1.70. The Bertz CT molecular complexity index is 436. The van der Waals surface area contributed by atoms with E-state index in [-0.39, 0.29) is 6.04 Å². The molecule has 1 aromatic heterocycles. The van der Waals surface area contributed by atoms with Crippen LogP contribution in [0.5, 0.6) is 0 Å². The Labute approximate surface area is 95.5 Å². The minimum absolute atomic E-state index is 0.135. The number of rotatable bonds is 4. The van der Waals surface area contributed by atoms with Crippen molar-refractivity contribution in [2.75, 3.05) is 7.05 Å². The summed E-state index contributed by atoms with van der Waals surface area (Å²) in [5, 5.41) is 3.22. The second kappa shape index (κ2) is 4.94. The van der Waals surface area contributed by atoms with Crippen LogP contribution in [0.25, 0.3) is 0 Å². The van der Waals surface area contributed by atoms with Crippen molar-refractivity contribution in [1.29, 1.82) is 0 Å². The zero-order valence-corrected chi connectivity index (χ0v) is 9.60. The fraction of sp³-hybridized carbons (Fsp3) is 0.308. The van der Waals surface area contributed by atoms with Crippen molar-refractivity contribution >= 4 is 0 Å². The Hall–Kier alpha value is -1.61. The molecule has 0 aliphatic heterocycles. The molecule has 0 saturated heterocycles. The van der Waals surface area contributed by atoms with Crippen molar-refractivity contribution in [3.63, 3.8) is 0 Å². The summed E-state index contributed by atoms with van der Waals surface area (Å²) >= 11 is 0. The molecule has 84 valence electrons. The molecule has 0 radical (unpaired) electrons. The zero-order chi connectivity index (χ0) is 11.4. The molecule has 0 amide bonds. The van der Waals surface area contributed by atoms with Crippen LogP contribution in [0.4, 0.5) is 0 Å². The van der Waals surface area contributed by atoms with Crippen molar-refractivity contribution in [2.24, 2.45) is 0 Å². The first-order valence-electron chi connectivity index (χ1n) is 5.43. The van der Waals surface area contributed by atoms with Crippen LogP contribution in [0.15, 0.2) is 40.9 Å². The van der Waals surface area contributed by atoms with Gasteiger partial charge < -0.3 is 9.73 Å². The van der Waals surface area contributed by atoms with Gasteiger partial charge in [-0.25, -0.2) is 4.98 Å². The van der Waals surface area contributed by atoms with Gasteiger partial charge in [0.1, 0.15) is 5.76 Å². The number of benzene rings is 1. The van der Waals surface area contributed by atoms with Gasteiger partial charge in [-0.05, 0) is 26.0 Å². The molecule has 0 fully saturated rings. The van der Waals surface area contributed by atoms with Crippen molar-refractivity contribution < 1.29 is 4.42 Å². The van der Waals surface area contributed by atoms with Gasteiger partial charge in [0.2, 0.25) is 5.89 Å². The number of oxazole rings is 1. The van der Waals surface area contributed by atoms with E-state index >= 15 is 0 Å². The predicted octanol–water partition coefficient (Wildman–Crippen LogP) is 2.49. The van der Waals surface area contributed by atoms with Gasteiger partial charge in [-0.15, -0.1) is 0 Å². The minimum atomic E-state index is 0.135. The molecule has 2 rings (SSSR count). The molecule has 0 bridgehead atoms. The van der Waals surface area contributed by atoms with Gasteiger partial charge in [0, 0.05) is 0 Å². The Morgan fingerprint density at radius 2 is 2.06 bits per heavy atom. The lowest BCUT2D eigenvalue weighted by molar-refractivity contribution is 0.401. The molecule has 0 aliphatic carbocycles. The first kappa shape index (κ1) is 10.9. The third-order valence-electron chi connectivity index (χ3n) is 2.57. The largest absolute Gasteiger partial charge is 0.444 e. The van der Waals surface area contributed by atoms with E-state index in [0.29, 0.717) is 0 Å². The van der Waals surface area contributed by atoms with Crippen LogP contribution in [0, 0.1) is 6.92 Å². The zero-order valence-electron chi connectivity index (χ0n) is 9.60. The van der Waals surface area contributed by atoms with Crippen LogP contribution in [0.2, 0.25) is 0 Å². The first-order chi connectivity index (χ1) is 7.79. The van der Waals surface area contributed by atoms with Gasteiger partial charge in [0.05, 0.1) is 12.2 Å². The lowest BCUT2D eigenvalue weighted by Gasteiger charge is -2.12. The lowest BCUT2D eigenvalue weighted by Crippen LogP contribution is -2.19. The maximum absolute atomic E-state index is 5.54. The SMILES string of the molecule is CN[C@@H](Cc1ccccc1)c1ncc(C)o1. The molecule has 1 N–H and O–H groups in total. The van der Waals surface area contributed by atoms with Gasteiger partial charge in [-0.2, -0.15) is 0 Å². The molecule has 0 unspecified atom stereocenters. The summed E-state index contributed by atoms with van der Waals surface area (Å²) in [7, 11) is 1.92. The molecule has 0 saturated carbocycles. The van der Waals surface area contributed by atoms with E-state index in [1.807, 2.05) is 32.2 Å². The Morgan fingerprint density at radius 3 is 2.62 bits per heavy atom. The van der Waals surface area contributed by atoms with E-state index in [4.69, 9.17) is 4.42 Å². The quantitative estimate of drug-likeness (QED) is 0.853. The molecule has 1 heterocycles. The highest BCUT2D eigenvalue weighted by Crippen LogP contribution is 2.17. The molecule has 1 aromatic carbocycles. The Balaban J connectivity index is 2.12. The van der Waals surface area contributed by atoms with Crippen LogP contribution in [0.3, 0.4) is 0 Å². The maximum Gasteiger partial charge on any atom is 0.211 e. The molecule has 0 aliphatic rings. The van der Waals surface area contributed by atoms with Crippen molar-refractivity contribution in [3.8, 4) is 0 Å². The number of hydrogen-bond acceptors (Lipinski definition) is 3. The molecule has 1 atom stereocenters. The van der Waals surface area contributed by atoms with E-state index < -0.39 is 0 Å². The third kappa shape index (κ3) is 2.49. The van der Waals surface area contributed by atoms with E-state index in [1.165, 1.54) is 5.56 Å². The van der Waals surface area contributed by atoms with Crippen molar-refractivity contribution in [1.82, 2.24) is 10.3 Å². The molecule has 2 aromatic rings. The number of likely N-dealkylation sites (N-methyl/N-ethyl adjacent to an activating group) is 1. The summed E-state index contributed by atoms with van der Waals surface area (Å²) in [5.74, 6) is 1.60.